The molecule has 0 aliphatic carbocycles. The van der Waals surface area contributed by atoms with E-state index in [9.17, 15) is 14.0 Å². The Bertz CT molecular complexity index is 1570. The molecule has 0 saturated heterocycles. The number of carbonyl (C=O) groups is 1. The predicted octanol–water partition coefficient (Wildman–Crippen LogP) is 6.04. The quantitative estimate of drug-likeness (QED) is 0.305. The highest BCUT2D eigenvalue weighted by molar-refractivity contribution is 6.42. The van der Waals surface area contributed by atoms with Crippen LogP contribution in [0.25, 0.3) is 11.0 Å². The van der Waals surface area contributed by atoms with E-state index in [4.69, 9.17) is 37.1 Å². The van der Waals surface area contributed by atoms with Crippen LogP contribution in [0.5, 0.6) is 11.5 Å². The smallest absolute Gasteiger partial charge is 0.290 e. The summed E-state index contributed by atoms with van der Waals surface area (Å²) in [6.45, 7) is 0.258. The number of hydrogen-bond acceptors (Lipinski definition) is 5. The lowest BCUT2D eigenvalue weighted by Crippen LogP contribution is -2.31. The van der Waals surface area contributed by atoms with Crippen LogP contribution >= 0.6 is 23.2 Å². The van der Waals surface area contributed by atoms with Crippen molar-refractivity contribution in [1.82, 2.24) is 4.90 Å². The maximum Gasteiger partial charge on any atom is 0.290 e. The second kappa shape index (κ2) is 9.48. The van der Waals surface area contributed by atoms with Crippen LogP contribution in [0, 0.1) is 5.82 Å². The van der Waals surface area contributed by atoms with Gasteiger partial charge in [0.05, 0.1) is 41.3 Å². The first-order valence-corrected chi connectivity index (χ1v) is 11.8. The van der Waals surface area contributed by atoms with Crippen molar-refractivity contribution in [2.75, 3.05) is 20.8 Å². The van der Waals surface area contributed by atoms with E-state index in [2.05, 4.69) is 0 Å². The molecule has 0 saturated carbocycles. The third kappa shape index (κ3) is 4.08. The van der Waals surface area contributed by atoms with Crippen molar-refractivity contribution in [3.8, 4) is 11.5 Å². The maximum atomic E-state index is 14.0. The highest BCUT2D eigenvalue weighted by Gasteiger charge is 2.42. The molecule has 0 bridgehead atoms. The first-order chi connectivity index (χ1) is 17.3. The molecule has 5 rings (SSSR count). The zero-order chi connectivity index (χ0) is 25.6. The zero-order valence-electron chi connectivity index (χ0n) is 19.3. The Kier molecular flexibility index (Phi) is 6.36. The number of nitrogens with zero attached hydrogens (tertiary/aromatic N) is 1. The van der Waals surface area contributed by atoms with Gasteiger partial charge in [-0.2, -0.15) is 0 Å². The number of halogens is 3. The number of hydrogen-bond donors (Lipinski definition) is 0. The van der Waals surface area contributed by atoms with E-state index in [1.165, 1.54) is 12.1 Å². The van der Waals surface area contributed by atoms with Crippen molar-refractivity contribution in [2.24, 2.45) is 0 Å². The van der Waals surface area contributed by atoms with Crippen LogP contribution in [0.4, 0.5) is 4.39 Å². The van der Waals surface area contributed by atoms with Gasteiger partial charge in [-0.3, -0.25) is 9.59 Å². The number of carbonyl (C=O) groups excluding carboxylic acids is 1. The van der Waals surface area contributed by atoms with E-state index in [0.717, 1.165) is 11.6 Å². The van der Waals surface area contributed by atoms with Gasteiger partial charge in [0.15, 0.2) is 16.9 Å². The molecule has 6 nitrogen and oxygen atoms in total. The molecule has 1 amide bonds. The van der Waals surface area contributed by atoms with Gasteiger partial charge in [0.2, 0.25) is 5.76 Å². The number of benzene rings is 3. The van der Waals surface area contributed by atoms with Gasteiger partial charge in [0.1, 0.15) is 11.4 Å². The van der Waals surface area contributed by atoms with Crippen molar-refractivity contribution in [3.63, 3.8) is 0 Å². The van der Waals surface area contributed by atoms with Gasteiger partial charge >= 0.3 is 0 Å². The highest BCUT2D eigenvalue weighted by Crippen LogP contribution is 2.40. The minimum absolute atomic E-state index is 0.0633. The summed E-state index contributed by atoms with van der Waals surface area (Å²) in [5.74, 6) is 0.0772. The maximum absolute atomic E-state index is 14.0. The normalized spacial score (nSPS) is 14.9. The van der Waals surface area contributed by atoms with Crippen LogP contribution in [-0.2, 0) is 6.42 Å². The summed E-state index contributed by atoms with van der Waals surface area (Å²) >= 11 is 12.4. The van der Waals surface area contributed by atoms with Crippen molar-refractivity contribution in [3.05, 3.63) is 103 Å². The molecule has 1 aliphatic rings. The molecular weight excluding hydrogens is 508 g/mol. The van der Waals surface area contributed by atoms with E-state index < -0.39 is 23.2 Å². The van der Waals surface area contributed by atoms with Crippen molar-refractivity contribution >= 4 is 40.1 Å². The topological polar surface area (TPSA) is 69.0 Å². The molecule has 184 valence electrons. The van der Waals surface area contributed by atoms with Crippen LogP contribution in [-0.4, -0.2) is 31.6 Å². The number of ether oxygens (including phenoxy) is 2. The Morgan fingerprint density at radius 3 is 2.44 bits per heavy atom. The van der Waals surface area contributed by atoms with Crippen LogP contribution in [0.3, 0.4) is 0 Å². The summed E-state index contributed by atoms with van der Waals surface area (Å²) < 4.78 is 30.5. The summed E-state index contributed by atoms with van der Waals surface area (Å²) in [5.41, 5.74) is 1.30. The van der Waals surface area contributed by atoms with Crippen LogP contribution in [0.1, 0.15) is 33.3 Å². The molecule has 1 atom stereocenters. The fraction of sp³-hybridized carbons (Fsp3) is 0.185. The average molecular weight is 528 g/mol. The van der Waals surface area contributed by atoms with Gasteiger partial charge in [-0.25, -0.2) is 4.39 Å². The number of amides is 1. The van der Waals surface area contributed by atoms with Crippen LogP contribution in [0.15, 0.2) is 63.8 Å². The minimum atomic E-state index is -0.786. The van der Waals surface area contributed by atoms with Crippen molar-refractivity contribution < 1.29 is 23.1 Å². The first-order valence-electron chi connectivity index (χ1n) is 11.1. The molecule has 4 aromatic rings. The third-order valence-corrected chi connectivity index (χ3v) is 7.02. The molecule has 0 fully saturated rings. The first kappa shape index (κ1) is 24.2. The monoisotopic (exact) mass is 527 g/mol. The molecule has 1 aliphatic heterocycles. The zero-order valence-corrected chi connectivity index (χ0v) is 20.8. The second-order valence-electron chi connectivity index (χ2n) is 8.33. The number of rotatable bonds is 6. The summed E-state index contributed by atoms with van der Waals surface area (Å²) in [4.78, 5) is 28.6. The Labute approximate surface area is 215 Å². The van der Waals surface area contributed by atoms with Crippen LogP contribution in [0.2, 0.25) is 10.0 Å². The second-order valence-corrected chi connectivity index (χ2v) is 9.14. The lowest BCUT2D eigenvalue weighted by molar-refractivity contribution is 0.0730. The van der Waals surface area contributed by atoms with E-state index in [1.807, 2.05) is 12.1 Å². The van der Waals surface area contributed by atoms with E-state index in [-0.39, 0.29) is 33.9 Å². The molecule has 0 radical (unpaired) electrons. The lowest BCUT2D eigenvalue weighted by atomic mass is 9.98. The molecule has 1 unspecified atom stereocenters. The molecule has 9 heteroatoms. The standard InChI is InChI=1S/C27H20Cl2FNO5/c1-34-21-7-3-14(11-22(21)35-2)9-10-31-24(15-4-6-18(28)19(29)12-15)23-25(32)17-13-16(30)5-8-20(17)36-26(23)27(31)33/h3-8,11-13,24H,9-10H2,1-2H3. The molecular formula is C27H20Cl2FNO5. The van der Waals surface area contributed by atoms with Gasteiger partial charge < -0.3 is 18.8 Å². The summed E-state index contributed by atoms with van der Waals surface area (Å²) in [6.07, 6.45) is 0.459. The summed E-state index contributed by atoms with van der Waals surface area (Å²) in [7, 11) is 3.10. The summed E-state index contributed by atoms with van der Waals surface area (Å²) in [5, 5.41) is 0.689. The Morgan fingerprint density at radius 1 is 0.944 bits per heavy atom. The molecule has 36 heavy (non-hydrogen) atoms. The Morgan fingerprint density at radius 2 is 1.72 bits per heavy atom. The molecule has 0 spiro atoms. The molecule has 1 aromatic heterocycles. The highest BCUT2D eigenvalue weighted by atomic mass is 35.5. The van der Waals surface area contributed by atoms with Crippen molar-refractivity contribution in [1.29, 1.82) is 0 Å². The van der Waals surface area contributed by atoms with Gasteiger partial charge in [-0.15, -0.1) is 0 Å². The fourth-order valence-electron chi connectivity index (χ4n) is 4.54. The fourth-order valence-corrected chi connectivity index (χ4v) is 4.84. The summed E-state index contributed by atoms with van der Waals surface area (Å²) in [6, 6.07) is 13.3. The van der Waals surface area contributed by atoms with Crippen LogP contribution < -0.4 is 14.9 Å². The van der Waals surface area contributed by atoms with E-state index in [1.54, 1.807) is 43.4 Å². The van der Waals surface area contributed by atoms with Gasteiger partial charge in [-0.05, 0) is 60.0 Å². The SMILES string of the molecule is COc1ccc(CCN2C(=O)c3oc4ccc(F)cc4c(=O)c3C2c2ccc(Cl)c(Cl)c2)cc1OC. The number of methoxy groups -OCH3 is 2. The Balaban J connectivity index is 1.61. The molecule has 2 heterocycles. The van der Waals surface area contributed by atoms with E-state index >= 15 is 0 Å². The lowest BCUT2D eigenvalue weighted by Gasteiger charge is -2.25. The molecule has 0 N–H and O–H groups in total. The average Bonchev–Trinajstić information content (AvgIpc) is 3.16. The largest absolute Gasteiger partial charge is 0.493 e. The third-order valence-electron chi connectivity index (χ3n) is 6.28. The minimum Gasteiger partial charge on any atom is -0.493 e. The van der Waals surface area contributed by atoms with Gasteiger partial charge in [-0.1, -0.05) is 35.3 Å². The van der Waals surface area contributed by atoms with Gasteiger partial charge in [0, 0.05) is 6.54 Å². The van der Waals surface area contributed by atoms with Gasteiger partial charge in [0.25, 0.3) is 5.91 Å². The van der Waals surface area contributed by atoms with Crippen molar-refractivity contribution in [2.45, 2.75) is 12.5 Å². The predicted molar refractivity (Wildman–Crippen MR) is 135 cm³/mol. The van der Waals surface area contributed by atoms with E-state index in [0.29, 0.717) is 28.5 Å². The molecule has 3 aromatic carbocycles. The Hall–Kier alpha value is -3.55. The number of fused-ring (bicyclic) bond motifs is 2.